The van der Waals surface area contributed by atoms with Crippen molar-refractivity contribution >= 4 is 5.69 Å². The van der Waals surface area contributed by atoms with Gasteiger partial charge in [0.2, 0.25) is 0 Å². The third-order valence-electron chi connectivity index (χ3n) is 4.80. The first-order valence-corrected chi connectivity index (χ1v) is 7.63. The van der Waals surface area contributed by atoms with E-state index in [4.69, 9.17) is 0 Å². The van der Waals surface area contributed by atoms with Gasteiger partial charge in [-0.3, -0.25) is 10.1 Å². The molecule has 0 spiro atoms. The van der Waals surface area contributed by atoms with Gasteiger partial charge in [-0.1, -0.05) is 12.1 Å². The minimum Gasteiger partial charge on any atom is -1.00 e. The second-order valence-electron chi connectivity index (χ2n) is 6.22. The fraction of sp³-hybridized carbons (Fsp3) is 0.625. The van der Waals surface area contributed by atoms with Gasteiger partial charge in [0, 0.05) is 18.6 Å². The molecule has 1 heterocycles. The first-order chi connectivity index (χ1) is 9.53. The highest BCUT2D eigenvalue weighted by Gasteiger charge is 2.32. The van der Waals surface area contributed by atoms with Gasteiger partial charge in [-0.15, -0.1) is 0 Å². The Hall–Kier alpha value is -0.690. The van der Waals surface area contributed by atoms with Crippen LogP contribution in [-0.4, -0.2) is 35.1 Å². The molecule has 0 amide bonds. The van der Waals surface area contributed by atoms with Crippen LogP contribution in [0.5, 0.6) is 0 Å². The largest absolute Gasteiger partial charge is 1.00 e. The molecule has 1 aromatic rings. The van der Waals surface area contributed by atoms with Crippen LogP contribution in [0.1, 0.15) is 38.7 Å². The van der Waals surface area contributed by atoms with Gasteiger partial charge in [-0.25, -0.2) is 0 Å². The minimum absolute atomic E-state index is 0. The molecule has 0 bridgehead atoms. The van der Waals surface area contributed by atoms with Crippen molar-refractivity contribution in [3.8, 4) is 0 Å². The number of non-ortho nitro benzene ring substituents is 1. The van der Waals surface area contributed by atoms with E-state index in [0.29, 0.717) is 6.04 Å². The van der Waals surface area contributed by atoms with E-state index >= 15 is 0 Å². The zero-order chi connectivity index (χ0) is 14.6. The molecule has 1 saturated heterocycles. The van der Waals surface area contributed by atoms with Crippen molar-refractivity contribution in [2.45, 2.75) is 45.6 Å². The summed E-state index contributed by atoms with van der Waals surface area (Å²) in [5, 5.41) is 10.7. The lowest BCUT2D eigenvalue weighted by atomic mass is 10.0. The van der Waals surface area contributed by atoms with Gasteiger partial charge >= 0.3 is 0 Å². The third kappa shape index (κ3) is 4.64. The van der Waals surface area contributed by atoms with Crippen LogP contribution in [0.4, 0.5) is 5.69 Å². The number of likely N-dealkylation sites (tertiary alicyclic amines) is 1. The smallest absolute Gasteiger partial charge is 0.269 e. The lowest BCUT2D eigenvalue weighted by Gasteiger charge is -2.45. The average Bonchev–Trinajstić information content (AvgIpc) is 2.46. The Morgan fingerprint density at radius 3 is 2.19 bits per heavy atom. The predicted octanol–water partition coefficient (Wildman–Crippen LogP) is 0.550. The van der Waals surface area contributed by atoms with Crippen molar-refractivity contribution in [1.29, 1.82) is 0 Å². The van der Waals surface area contributed by atoms with Gasteiger partial charge in [-0.2, -0.15) is 0 Å². The van der Waals surface area contributed by atoms with Crippen molar-refractivity contribution in [1.82, 2.24) is 0 Å². The lowest BCUT2D eigenvalue weighted by Crippen LogP contribution is -3.00. The van der Waals surface area contributed by atoms with Crippen LogP contribution < -0.4 is 24.0 Å². The Bertz CT molecular complexity index is 454. The Balaban J connectivity index is 0.00000220. The second-order valence-corrected chi connectivity index (χ2v) is 6.22. The standard InChI is InChI=1S/C16H25N2O2.HI/c1-14(2)18(11-4-3-5-12-18)13-10-15-6-8-16(9-7-15)17(19)20;/h6-9,14H,3-5,10-13H2,1-2H3;1H/q+1;/p-1. The fourth-order valence-corrected chi connectivity index (χ4v) is 3.28. The molecular formula is C16H25IN2O2. The van der Waals surface area contributed by atoms with E-state index in [1.54, 1.807) is 12.1 Å². The normalized spacial score (nSPS) is 17.3. The van der Waals surface area contributed by atoms with Crippen molar-refractivity contribution < 1.29 is 33.4 Å². The molecular weight excluding hydrogens is 379 g/mol. The molecule has 0 radical (unpaired) electrons. The Kier molecular flexibility index (Phi) is 7.06. The number of quaternary nitrogens is 1. The minimum atomic E-state index is -0.337. The van der Waals surface area contributed by atoms with Crippen LogP contribution >= 0.6 is 0 Å². The molecule has 0 aliphatic carbocycles. The molecule has 0 N–H and O–H groups in total. The highest BCUT2D eigenvalue weighted by Crippen LogP contribution is 2.24. The van der Waals surface area contributed by atoms with E-state index in [9.17, 15) is 10.1 Å². The number of hydrogen-bond donors (Lipinski definition) is 0. The molecule has 1 aromatic carbocycles. The summed E-state index contributed by atoms with van der Waals surface area (Å²) in [6.07, 6.45) is 5.04. The van der Waals surface area contributed by atoms with Crippen molar-refractivity contribution in [3.05, 3.63) is 39.9 Å². The first-order valence-electron chi connectivity index (χ1n) is 7.63. The highest BCUT2D eigenvalue weighted by molar-refractivity contribution is 5.32. The molecule has 4 nitrogen and oxygen atoms in total. The predicted molar refractivity (Wildman–Crippen MR) is 80.6 cm³/mol. The summed E-state index contributed by atoms with van der Waals surface area (Å²) in [6, 6.07) is 7.70. The van der Waals surface area contributed by atoms with E-state index in [2.05, 4.69) is 13.8 Å². The number of nitro benzene ring substituents is 1. The molecule has 0 saturated carbocycles. The summed E-state index contributed by atoms with van der Waals surface area (Å²) in [5.74, 6) is 0. The summed E-state index contributed by atoms with van der Waals surface area (Å²) in [6.45, 7) is 8.35. The van der Waals surface area contributed by atoms with Gasteiger partial charge in [0.1, 0.15) is 0 Å². The number of piperidine rings is 1. The quantitative estimate of drug-likeness (QED) is 0.312. The molecule has 0 atom stereocenters. The average molecular weight is 404 g/mol. The second kappa shape index (κ2) is 8.08. The van der Waals surface area contributed by atoms with Crippen LogP contribution in [0.25, 0.3) is 0 Å². The maximum Gasteiger partial charge on any atom is 0.269 e. The van der Waals surface area contributed by atoms with Crippen LogP contribution in [0, 0.1) is 10.1 Å². The number of benzene rings is 1. The summed E-state index contributed by atoms with van der Waals surface area (Å²) in [7, 11) is 0. The highest BCUT2D eigenvalue weighted by atomic mass is 127. The molecule has 118 valence electrons. The summed E-state index contributed by atoms with van der Waals surface area (Å²) in [5.41, 5.74) is 1.39. The van der Waals surface area contributed by atoms with Crippen LogP contribution in [-0.2, 0) is 6.42 Å². The van der Waals surface area contributed by atoms with Gasteiger partial charge in [-0.05, 0) is 38.7 Å². The molecule has 1 aliphatic heterocycles. The maximum absolute atomic E-state index is 10.7. The number of nitrogens with zero attached hydrogens (tertiary/aromatic N) is 2. The van der Waals surface area contributed by atoms with E-state index < -0.39 is 0 Å². The fourth-order valence-electron chi connectivity index (χ4n) is 3.28. The van der Waals surface area contributed by atoms with Crippen LogP contribution in [0.15, 0.2) is 24.3 Å². The van der Waals surface area contributed by atoms with Gasteiger partial charge in [0.05, 0.1) is 30.6 Å². The lowest BCUT2D eigenvalue weighted by molar-refractivity contribution is -0.951. The Morgan fingerprint density at radius 1 is 1.14 bits per heavy atom. The molecule has 21 heavy (non-hydrogen) atoms. The SMILES string of the molecule is CC(C)[N+]1(CCc2ccc([N+](=O)[O-])cc2)CCCCC1.[I-]. The van der Waals surface area contributed by atoms with Gasteiger partial charge in [0.15, 0.2) is 0 Å². The summed E-state index contributed by atoms with van der Waals surface area (Å²) >= 11 is 0. The zero-order valence-corrected chi connectivity index (χ0v) is 15.1. The van der Waals surface area contributed by atoms with Crippen molar-refractivity contribution in [2.24, 2.45) is 0 Å². The summed E-state index contributed by atoms with van der Waals surface area (Å²) < 4.78 is 1.21. The molecule has 1 fully saturated rings. The Labute approximate surface area is 144 Å². The van der Waals surface area contributed by atoms with E-state index in [-0.39, 0.29) is 34.6 Å². The topological polar surface area (TPSA) is 43.1 Å². The van der Waals surface area contributed by atoms with E-state index in [1.165, 1.54) is 42.4 Å². The van der Waals surface area contributed by atoms with Crippen molar-refractivity contribution in [2.75, 3.05) is 19.6 Å². The molecule has 0 aromatic heterocycles. The van der Waals surface area contributed by atoms with E-state index in [0.717, 1.165) is 13.0 Å². The molecule has 2 rings (SSSR count). The number of rotatable bonds is 5. The van der Waals surface area contributed by atoms with Crippen molar-refractivity contribution in [3.63, 3.8) is 0 Å². The third-order valence-corrected chi connectivity index (χ3v) is 4.80. The zero-order valence-electron chi connectivity index (χ0n) is 12.9. The number of hydrogen-bond acceptors (Lipinski definition) is 2. The van der Waals surface area contributed by atoms with Gasteiger partial charge < -0.3 is 28.5 Å². The molecule has 5 heteroatoms. The molecule has 1 aliphatic rings. The molecule has 0 unspecified atom stereocenters. The van der Waals surface area contributed by atoms with E-state index in [1.807, 2.05) is 12.1 Å². The Morgan fingerprint density at radius 2 is 1.71 bits per heavy atom. The number of halogens is 1. The number of nitro groups is 1. The first kappa shape index (κ1) is 18.4. The van der Waals surface area contributed by atoms with Gasteiger partial charge in [0.25, 0.3) is 5.69 Å². The monoisotopic (exact) mass is 404 g/mol. The van der Waals surface area contributed by atoms with Crippen LogP contribution in [0.2, 0.25) is 0 Å². The van der Waals surface area contributed by atoms with Crippen LogP contribution in [0.3, 0.4) is 0 Å². The summed E-state index contributed by atoms with van der Waals surface area (Å²) in [4.78, 5) is 10.3. The maximum atomic E-state index is 10.7.